The van der Waals surface area contributed by atoms with E-state index in [1.54, 1.807) is 17.0 Å². The SMILES string of the molecule is CC(=O)c1ccc(N2CCC(N3CCC3)C(F)C2)c([N+](=O)[O-])c1. The van der Waals surface area contributed by atoms with Crippen molar-refractivity contribution in [3.63, 3.8) is 0 Å². The predicted molar refractivity (Wildman–Crippen MR) is 84.8 cm³/mol. The molecule has 1 aromatic carbocycles. The number of hydrogen-bond donors (Lipinski definition) is 0. The minimum absolute atomic E-state index is 0.0736. The summed E-state index contributed by atoms with van der Waals surface area (Å²) in [6.07, 6.45) is 0.758. The molecule has 0 aromatic heterocycles. The van der Waals surface area contributed by atoms with Crippen LogP contribution in [0.1, 0.15) is 30.1 Å². The highest BCUT2D eigenvalue weighted by Gasteiger charge is 2.37. The molecule has 6 nitrogen and oxygen atoms in total. The van der Waals surface area contributed by atoms with Crippen LogP contribution in [0.15, 0.2) is 18.2 Å². The molecule has 2 unspecified atom stereocenters. The molecule has 2 atom stereocenters. The van der Waals surface area contributed by atoms with Crippen molar-refractivity contribution in [3.05, 3.63) is 33.9 Å². The van der Waals surface area contributed by atoms with Crippen molar-refractivity contribution in [1.29, 1.82) is 0 Å². The second kappa shape index (κ2) is 6.23. The lowest BCUT2D eigenvalue weighted by molar-refractivity contribution is -0.384. The number of carbonyl (C=O) groups is 1. The largest absolute Gasteiger partial charge is 0.363 e. The maximum Gasteiger partial charge on any atom is 0.293 e. The van der Waals surface area contributed by atoms with E-state index in [0.717, 1.165) is 19.5 Å². The Morgan fingerprint density at radius 2 is 2.09 bits per heavy atom. The van der Waals surface area contributed by atoms with Crippen LogP contribution in [-0.4, -0.2) is 54.0 Å². The van der Waals surface area contributed by atoms with Gasteiger partial charge in [-0.25, -0.2) is 4.39 Å². The first-order valence-corrected chi connectivity index (χ1v) is 7.90. The number of likely N-dealkylation sites (tertiary alicyclic amines) is 1. The van der Waals surface area contributed by atoms with E-state index in [-0.39, 0.29) is 24.1 Å². The summed E-state index contributed by atoms with van der Waals surface area (Å²) in [5.41, 5.74) is 0.560. The van der Waals surface area contributed by atoms with Gasteiger partial charge in [-0.15, -0.1) is 0 Å². The molecule has 0 amide bonds. The minimum atomic E-state index is -1.02. The third-order valence-electron chi connectivity index (χ3n) is 4.79. The van der Waals surface area contributed by atoms with Gasteiger partial charge in [0, 0.05) is 24.2 Å². The molecular formula is C16H20FN3O3. The van der Waals surface area contributed by atoms with Crippen LogP contribution in [0.5, 0.6) is 0 Å². The third-order valence-corrected chi connectivity index (χ3v) is 4.79. The average Bonchev–Trinajstić information content (AvgIpc) is 2.46. The fraction of sp³-hybridized carbons (Fsp3) is 0.562. The van der Waals surface area contributed by atoms with E-state index in [0.29, 0.717) is 24.2 Å². The number of nitrogens with zero attached hydrogens (tertiary/aromatic N) is 3. The summed E-state index contributed by atoms with van der Waals surface area (Å²) in [6, 6.07) is 4.34. The quantitative estimate of drug-likeness (QED) is 0.484. The van der Waals surface area contributed by atoms with Crippen molar-refractivity contribution in [3.8, 4) is 0 Å². The van der Waals surface area contributed by atoms with Crippen molar-refractivity contribution >= 4 is 17.2 Å². The van der Waals surface area contributed by atoms with E-state index in [2.05, 4.69) is 4.90 Å². The van der Waals surface area contributed by atoms with Gasteiger partial charge in [-0.2, -0.15) is 0 Å². The molecule has 2 fully saturated rings. The number of nitro benzene ring substituents is 1. The fourth-order valence-corrected chi connectivity index (χ4v) is 3.35. The summed E-state index contributed by atoms with van der Waals surface area (Å²) in [4.78, 5) is 26.1. The van der Waals surface area contributed by atoms with Gasteiger partial charge in [0.1, 0.15) is 11.9 Å². The summed E-state index contributed by atoms with van der Waals surface area (Å²) in [5, 5.41) is 11.3. The van der Waals surface area contributed by atoms with Gasteiger partial charge in [-0.3, -0.25) is 19.8 Å². The van der Waals surface area contributed by atoms with E-state index in [4.69, 9.17) is 0 Å². The first kappa shape index (κ1) is 15.9. The Morgan fingerprint density at radius 1 is 1.35 bits per heavy atom. The molecule has 0 spiro atoms. The molecule has 0 saturated carbocycles. The Bertz CT molecular complexity index is 633. The Hall–Kier alpha value is -2.02. The minimum Gasteiger partial charge on any atom is -0.363 e. The number of rotatable bonds is 4. The van der Waals surface area contributed by atoms with Crippen molar-refractivity contribution in [2.24, 2.45) is 0 Å². The first-order chi connectivity index (χ1) is 11.0. The molecule has 124 valence electrons. The number of hydrogen-bond acceptors (Lipinski definition) is 5. The maximum atomic E-state index is 14.5. The number of nitro groups is 1. The van der Waals surface area contributed by atoms with E-state index in [1.807, 2.05) is 0 Å². The molecule has 2 saturated heterocycles. The number of halogens is 1. The molecular weight excluding hydrogens is 301 g/mol. The van der Waals surface area contributed by atoms with Gasteiger partial charge in [0.2, 0.25) is 0 Å². The fourth-order valence-electron chi connectivity index (χ4n) is 3.35. The zero-order valence-electron chi connectivity index (χ0n) is 13.1. The van der Waals surface area contributed by atoms with Crippen molar-refractivity contribution in [2.75, 3.05) is 31.1 Å². The summed E-state index contributed by atoms with van der Waals surface area (Å²) in [5.74, 6) is -0.223. The van der Waals surface area contributed by atoms with Gasteiger partial charge in [0.15, 0.2) is 5.78 Å². The normalized spacial score (nSPS) is 25.0. The molecule has 0 aliphatic carbocycles. The summed E-state index contributed by atoms with van der Waals surface area (Å²) < 4.78 is 14.5. The third kappa shape index (κ3) is 3.06. The molecule has 0 radical (unpaired) electrons. The average molecular weight is 321 g/mol. The Morgan fingerprint density at radius 3 is 2.61 bits per heavy atom. The Balaban J connectivity index is 1.81. The van der Waals surface area contributed by atoms with Crippen LogP contribution in [-0.2, 0) is 0 Å². The van der Waals surface area contributed by atoms with Gasteiger partial charge < -0.3 is 4.90 Å². The van der Waals surface area contributed by atoms with E-state index in [9.17, 15) is 19.3 Å². The van der Waals surface area contributed by atoms with Crippen LogP contribution in [0.3, 0.4) is 0 Å². The van der Waals surface area contributed by atoms with Gasteiger partial charge in [-0.1, -0.05) is 0 Å². The van der Waals surface area contributed by atoms with Gasteiger partial charge in [0.05, 0.1) is 11.5 Å². The summed E-state index contributed by atoms with van der Waals surface area (Å²) in [7, 11) is 0. The number of piperidine rings is 1. The highest BCUT2D eigenvalue weighted by Crippen LogP contribution is 2.33. The molecule has 3 rings (SSSR count). The first-order valence-electron chi connectivity index (χ1n) is 7.90. The van der Waals surface area contributed by atoms with E-state index >= 15 is 0 Å². The van der Waals surface area contributed by atoms with Crippen LogP contribution >= 0.6 is 0 Å². The van der Waals surface area contributed by atoms with Crippen molar-refractivity contribution in [1.82, 2.24) is 4.90 Å². The molecule has 7 heteroatoms. The second-order valence-electron chi connectivity index (χ2n) is 6.22. The number of carbonyl (C=O) groups excluding carboxylic acids is 1. The number of anilines is 1. The Kier molecular flexibility index (Phi) is 4.30. The van der Waals surface area contributed by atoms with Crippen LogP contribution in [0.4, 0.5) is 15.8 Å². The topological polar surface area (TPSA) is 66.7 Å². The number of ketones is 1. The summed E-state index contributed by atoms with van der Waals surface area (Å²) in [6.45, 7) is 4.00. The van der Waals surface area contributed by atoms with Crippen molar-refractivity contribution in [2.45, 2.75) is 32.0 Å². The molecule has 2 aliphatic heterocycles. The second-order valence-corrected chi connectivity index (χ2v) is 6.22. The van der Waals surface area contributed by atoms with Gasteiger partial charge in [0.25, 0.3) is 5.69 Å². The van der Waals surface area contributed by atoms with Crippen LogP contribution in [0, 0.1) is 10.1 Å². The standard InChI is InChI=1S/C16H20FN3O3/c1-11(21)12-3-4-15(16(9-12)20(22)23)19-8-5-14(13(17)10-19)18-6-2-7-18/h3-4,9,13-14H,2,5-8,10H2,1H3. The number of benzene rings is 1. The van der Waals surface area contributed by atoms with E-state index in [1.165, 1.54) is 13.0 Å². The van der Waals surface area contributed by atoms with Crippen LogP contribution in [0.2, 0.25) is 0 Å². The Labute approximate surface area is 134 Å². The number of alkyl halides is 1. The van der Waals surface area contributed by atoms with Crippen LogP contribution < -0.4 is 4.90 Å². The highest BCUT2D eigenvalue weighted by atomic mass is 19.1. The summed E-state index contributed by atoms with van der Waals surface area (Å²) >= 11 is 0. The highest BCUT2D eigenvalue weighted by molar-refractivity contribution is 5.95. The lowest BCUT2D eigenvalue weighted by atomic mass is 9.97. The maximum absolute atomic E-state index is 14.5. The lowest BCUT2D eigenvalue weighted by Gasteiger charge is -2.45. The predicted octanol–water partition coefficient (Wildman–Crippen LogP) is 2.42. The zero-order chi connectivity index (χ0) is 16.6. The van der Waals surface area contributed by atoms with Gasteiger partial charge in [-0.05, 0) is 45.0 Å². The smallest absolute Gasteiger partial charge is 0.293 e. The molecule has 1 aromatic rings. The van der Waals surface area contributed by atoms with E-state index < -0.39 is 11.1 Å². The van der Waals surface area contributed by atoms with Crippen LogP contribution in [0.25, 0.3) is 0 Å². The van der Waals surface area contributed by atoms with Crippen molar-refractivity contribution < 1.29 is 14.1 Å². The number of Topliss-reactive ketones (excluding diaryl/α,β-unsaturated/α-hetero) is 1. The van der Waals surface area contributed by atoms with Gasteiger partial charge >= 0.3 is 0 Å². The lowest BCUT2D eigenvalue weighted by Crippen LogP contribution is -2.56. The molecule has 0 bridgehead atoms. The molecule has 0 N–H and O–H groups in total. The molecule has 23 heavy (non-hydrogen) atoms. The monoisotopic (exact) mass is 321 g/mol. The zero-order valence-corrected chi connectivity index (χ0v) is 13.1. The molecule has 2 heterocycles. The molecule has 2 aliphatic rings.